The average molecular weight is 331 g/mol. The zero-order valence-electron chi connectivity index (χ0n) is 14.3. The van der Waals surface area contributed by atoms with Gasteiger partial charge in [-0.3, -0.25) is 14.5 Å². The Bertz CT molecular complexity index is 691. The van der Waals surface area contributed by atoms with Gasteiger partial charge in [-0.2, -0.15) is 0 Å². The first kappa shape index (κ1) is 16.6. The number of likely N-dealkylation sites (tertiary alicyclic amines) is 1. The molecule has 3 rings (SSSR count). The van der Waals surface area contributed by atoms with Crippen molar-refractivity contribution in [3.63, 3.8) is 0 Å². The Labute approximate surface area is 141 Å². The third kappa shape index (κ3) is 2.82. The van der Waals surface area contributed by atoms with E-state index in [4.69, 9.17) is 0 Å². The Hall–Kier alpha value is -2.21. The van der Waals surface area contributed by atoms with Crippen molar-refractivity contribution < 1.29 is 14.0 Å². The number of hydrogen-bond donors (Lipinski definition) is 0. The number of carbonyl (C=O) groups excluding carboxylic acids is 2. The lowest BCUT2D eigenvalue weighted by Gasteiger charge is -2.36. The van der Waals surface area contributed by atoms with Crippen molar-refractivity contribution in [2.24, 2.45) is 0 Å². The number of benzene rings is 1. The minimum absolute atomic E-state index is 0.217. The molecule has 0 spiro atoms. The SMILES string of the molecule is CN1CCC(N(C)C2=C(c3ccc(F)cc3)C(=O)N(C)C2=O)CC1. The Morgan fingerprint density at radius 3 is 2.21 bits per heavy atom. The number of rotatable bonds is 3. The lowest BCUT2D eigenvalue weighted by Crippen LogP contribution is -2.43. The molecule has 0 saturated carbocycles. The van der Waals surface area contributed by atoms with Gasteiger partial charge in [0.15, 0.2) is 0 Å². The van der Waals surface area contributed by atoms with Gasteiger partial charge in [-0.15, -0.1) is 0 Å². The topological polar surface area (TPSA) is 43.9 Å². The van der Waals surface area contributed by atoms with Crippen molar-refractivity contribution in [1.82, 2.24) is 14.7 Å². The average Bonchev–Trinajstić information content (AvgIpc) is 2.80. The van der Waals surface area contributed by atoms with Gasteiger partial charge in [-0.25, -0.2) is 4.39 Å². The number of halogens is 1. The van der Waals surface area contributed by atoms with E-state index < -0.39 is 0 Å². The second-order valence-corrected chi connectivity index (χ2v) is 6.55. The summed E-state index contributed by atoms with van der Waals surface area (Å²) in [5, 5.41) is 0. The quantitative estimate of drug-likeness (QED) is 0.789. The van der Waals surface area contributed by atoms with Crippen LogP contribution in [0.1, 0.15) is 18.4 Å². The molecule has 1 aromatic carbocycles. The van der Waals surface area contributed by atoms with Crippen LogP contribution in [-0.2, 0) is 9.59 Å². The molecular weight excluding hydrogens is 309 g/mol. The lowest BCUT2D eigenvalue weighted by molar-refractivity contribution is -0.136. The fraction of sp³-hybridized carbons (Fsp3) is 0.444. The predicted octanol–water partition coefficient (Wildman–Crippen LogP) is 1.56. The van der Waals surface area contributed by atoms with Crippen molar-refractivity contribution in [1.29, 1.82) is 0 Å². The van der Waals surface area contributed by atoms with E-state index in [1.54, 1.807) is 12.1 Å². The van der Waals surface area contributed by atoms with Crippen molar-refractivity contribution in [2.45, 2.75) is 18.9 Å². The summed E-state index contributed by atoms with van der Waals surface area (Å²) in [6.07, 6.45) is 1.89. The van der Waals surface area contributed by atoms with Gasteiger partial charge >= 0.3 is 0 Å². The van der Waals surface area contributed by atoms with Crippen LogP contribution in [0.4, 0.5) is 4.39 Å². The Morgan fingerprint density at radius 2 is 1.62 bits per heavy atom. The molecule has 0 N–H and O–H groups in total. The van der Waals surface area contributed by atoms with Crippen LogP contribution in [0.2, 0.25) is 0 Å². The molecule has 5 nitrogen and oxygen atoms in total. The van der Waals surface area contributed by atoms with Crippen LogP contribution in [0, 0.1) is 5.82 Å². The van der Waals surface area contributed by atoms with Gasteiger partial charge in [0.2, 0.25) is 0 Å². The maximum absolute atomic E-state index is 13.2. The highest BCUT2D eigenvalue weighted by molar-refractivity contribution is 6.35. The number of amides is 2. The number of imide groups is 1. The largest absolute Gasteiger partial charge is 0.366 e. The van der Waals surface area contributed by atoms with Gasteiger partial charge in [0.1, 0.15) is 11.5 Å². The number of carbonyl (C=O) groups is 2. The number of likely N-dealkylation sites (N-methyl/N-ethyl adjacent to an activating group) is 2. The molecule has 2 amide bonds. The molecule has 2 heterocycles. The first-order chi connectivity index (χ1) is 11.4. The summed E-state index contributed by atoms with van der Waals surface area (Å²) >= 11 is 0. The standard InChI is InChI=1S/C18H22FN3O2/c1-20-10-8-14(9-11-20)21(2)16-15(17(23)22(3)18(16)24)12-4-6-13(19)7-5-12/h4-7,14H,8-11H2,1-3H3. The molecule has 0 radical (unpaired) electrons. The summed E-state index contributed by atoms with van der Waals surface area (Å²) in [6, 6.07) is 5.95. The Kier molecular flexibility index (Phi) is 4.41. The second kappa shape index (κ2) is 6.36. The van der Waals surface area contributed by atoms with Crippen molar-refractivity contribution in [3.8, 4) is 0 Å². The van der Waals surface area contributed by atoms with Gasteiger partial charge in [0.25, 0.3) is 11.8 Å². The lowest BCUT2D eigenvalue weighted by atomic mass is 10.00. The van der Waals surface area contributed by atoms with Crippen LogP contribution in [0.3, 0.4) is 0 Å². The van der Waals surface area contributed by atoms with E-state index in [0.717, 1.165) is 30.8 Å². The summed E-state index contributed by atoms with van der Waals surface area (Å²) in [7, 11) is 5.44. The molecule has 0 atom stereocenters. The fourth-order valence-electron chi connectivity index (χ4n) is 3.40. The third-order valence-corrected chi connectivity index (χ3v) is 4.98. The molecule has 0 aromatic heterocycles. The minimum Gasteiger partial charge on any atom is -0.366 e. The molecule has 2 aliphatic heterocycles. The molecular formula is C18H22FN3O2. The highest BCUT2D eigenvalue weighted by Crippen LogP contribution is 2.32. The normalized spacial score (nSPS) is 20.2. The van der Waals surface area contributed by atoms with E-state index in [-0.39, 0.29) is 23.7 Å². The molecule has 1 saturated heterocycles. The van der Waals surface area contributed by atoms with Crippen molar-refractivity contribution in [3.05, 3.63) is 41.3 Å². The molecule has 2 aliphatic rings. The highest BCUT2D eigenvalue weighted by atomic mass is 19.1. The van der Waals surface area contributed by atoms with Gasteiger partial charge in [-0.05, 0) is 50.7 Å². The highest BCUT2D eigenvalue weighted by Gasteiger charge is 2.40. The molecule has 1 fully saturated rings. The molecule has 0 unspecified atom stereocenters. The smallest absolute Gasteiger partial charge is 0.277 e. The Balaban J connectivity index is 2.00. The molecule has 1 aromatic rings. The van der Waals surface area contributed by atoms with Crippen LogP contribution in [0.25, 0.3) is 5.57 Å². The maximum Gasteiger partial charge on any atom is 0.277 e. The summed E-state index contributed by atoms with van der Waals surface area (Å²) in [5.74, 6) is -0.989. The summed E-state index contributed by atoms with van der Waals surface area (Å²) in [4.78, 5) is 30.5. The zero-order valence-corrected chi connectivity index (χ0v) is 14.3. The van der Waals surface area contributed by atoms with Gasteiger partial charge in [0, 0.05) is 20.1 Å². The predicted molar refractivity (Wildman–Crippen MR) is 89.4 cm³/mol. The van der Waals surface area contributed by atoms with E-state index in [9.17, 15) is 14.0 Å². The van der Waals surface area contributed by atoms with E-state index in [0.29, 0.717) is 16.8 Å². The monoisotopic (exact) mass is 331 g/mol. The Morgan fingerprint density at radius 1 is 1.04 bits per heavy atom. The summed E-state index contributed by atoms with van der Waals surface area (Å²) < 4.78 is 13.2. The van der Waals surface area contributed by atoms with E-state index >= 15 is 0 Å². The van der Waals surface area contributed by atoms with Gasteiger partial charge in [-0.1, -0.05) is 12.1 Å². The molecule has 0 bridgehead atoms. The molecule has 128 valence electrons. The van der Waals surface area contributed by atoms with Crippen LogP contribution < -0.4 is 0 Å². The van der Waals surface area contributed by atoms with Crippen LogP contribution in [0.15, 0.2) is 30.0 Å². The summed E-state index contributed by atoms with van der Waals surface area (Å²) in [6.45, 7) is 1.93. The fourth-order valence-corrected chi connectivity index (χ4v) is 3.40. The van der Waals surface area contributed by atoms with E-state index in [1.807, 2.05) is 11.9 Å². The zero-order chi connectivity index (χ0) is 17.4. The van der Waals surface area contributed by atoms with E-state index in [2.05, 4.69) is 11.9 Å². The van der Waals surface area contributed by atoms with Crippen LogP contribution in [-0.4, -0.2) is 66.8 Å². The van der Waals surface area contributed by atoms with Crippen molar-refractivity contribution >= 4 is 17.4 Å². The first-order valence-electron chi connectivity index (χ1n) is 8.14. The second-order valence-electron chi connectivity index (χ2n) is 6.55. The number of hydrogen-bond acceptors (Lipinski definition) is 4. The molecule has 6 heteroatoms. The van der Waals surface area contributed by atoms with E-state index in [1.165, 1.54) is 19.2 Å². The van der Waals surface area contributed by atoms with Crippen LogP contribution in [0.5, 0.6) is 0 Å². The first-order valence-corrected chi connectivity index (χ1v) is 8.14. The third-order valence-electron chi connectivity index (χ3n) is 4.98. The number of piperidine rings is 1. The van der Waals surface area contributed by atoms with Crippen molar-refractivity contribution in [2.75, 3.05) is 34.2 Å². The summed E-state index contributed by atoms with van der Waals surface area (Å²) in [5.41, 5.74) is 1.36. The van der Waals surface area contributed by atoms with Gasteiger partial charge < -0.3 is 9.80 Å². The molecule has 24 heavy (non-hydrogen) atoms. The minimum atomic E-state index is -0.366. The molecule has 0 aliphatic carbocycles. The number of nitrogens with zero attached hydrogens (tertiary/aromatic N) is 3. The van der Waals surface area contributed by atoms with Gasteiger partial charge in [0.05, 0.1) is 5.57 Å². The van der Waals surface area contributed by atoms with Crippen LogP contribution >= 0.6 is 0 Å². The maximum atomic E-state index is 13.2.